The SMILES string of the molecule is CSc1cc(C)[nH]c(=O)c1CNC(=O)c1cc(-c2cnc(N3CCCC3)nc2)c2c(c1C)OC(C)([C@H]1CC[C@H](N(C)C)CC1)O2. The van der Waals surface area contributed by atoms with E-state index in [9.17, 15) is 9.59 Å². The molecule has 10 nitrogen and oxygen atoms in total. The number of rotatable bonds is 8. The highest BCUT2D eigenvalue weighted by molar-refractivity contribution is 7.98. The van der Waals surface area contributed by atoms with E-state index in [1.54, 1.807) is 0 Å². The quantitative estimate of drug-likeness (QED) is 0.319. The first kappa shape index (κ1) is 31.4. The van der Waals surface area contributed by atoms with E-state index in [-0.39, 0.29) is 23.9 Å². The summed E-state index contributed by atoms with van der Waals surface area (Å²) in [4.78, 5) is 44.2. The van der Waals surface area contributed by atoms with E-state index in [0.717, 1.165) is 73.3 Å². The van der Waals surface area contributed by atoms with Crippen molar-refractivity contribution in [2.45, 2.75) is 82.6 Å². The lowest BCUT2D eigenvalue weighted by Crippen LogP contribution is -2.46. The van der Waals surface area contributed by atoms with Crippen molar-refractivity contribution in [3.63, 3.8) is 0 Å². The van der Waals surface area contributed by atoms with Gasteiger partial charge in [0.25, 0.3) is 17.3 Å². The molecule has 6 rings (SSSR count). The zero-order valence-electron chi connectivity index (χ0n) is 27.2. The van der Waals surface area contributed by atoms with Gasteiger partial charge in [-0.3, -0.25) is 9.59 Å². The smallest absolute Gasteiger partial charge is 0.254 e. The summed E-state index contributed by atoms with van der Waals surface area (Å²) in [7, 11) is 4.28. The van der Waals surface area contributed by atoms with Gasteiger partial charge in [0.05, 0.1) is 0 Å². The number of benzene rings is 1. The Bertz CT molecular complexity index is 1630. The molecule has 0 radical (unpaired) electrons. The van der Waals surface area contributed by atoms with Gasteiger partial charge in [-0.25, -0.2) is 9.97 Å². The van der Waals surface area contributed by atoms with Gasteiger partial charge in [0.15, 0.2) is 11.5 Å². The number of thioether (sulfide) groups is 1. The summed E-state index contributed by atoms with van der Waals surface area (Å²) >= 11 is 1.49. The fourth-order valence-electron chi connectivity index (χ4n) is 6.96. The van der Waals surface area contributed by atoms with E-state index < -0.39 is 5.79 Å². The number of aryl methyl sites for hydroxylation is 1. The van der Waals surface area contributed by atoms with Gasteiger partial charge in [0.2, 0.25) is 5.95 Å². The number of H-pyrrole nitrogens is 1. The number of amides is 1. The largest absolute Gasteiger partial charge is 0.448 e. The number of anilines is 1. The van der Waals surface area contributed by atoms with Gasteiger partial charge in [-0.15, -0.1) is 11.8 Å². The minimum absolute atomic E-state index is 0.105. The second kappa shape index (κ2) is 12.7. The summed E-state index contributed by atoms with van der Waals surface area (Å²) in [6, 6.07) is 4.33. The van der Waals surface area contributed by atoms with Crippen LogP contribution in [0.5, 0.6) is 11.5 Å². The first-order valence-electron chi connectivity index (χ1n) is 15.9. The number of ether oxygens (including phenoxy) is 2. The molecule has 4 heterocycles. The van der Waals surface area contributed by atoms with Crippen molar-refractivity contribution in [3.05, 3.63) is 57.3 Å². The summed E-state index contributed by atoms with van der Waals surface area (Å²) in [6.07, 6.45) is 12.0. The van der Waals surface area contributed by atoms with Crippen molar-refractivity contribution < 1.29 is 14.3 Å². The number of pyridine rings is 1. The molecule has 240 valence electrons. The maximum atomic E-state index is 13.8. The molecule has 45 heavy (non-hydrogen) atoms. The summed E-state index contributed by atoms with van der Waals surface area (Å²) < 4.78 is 13.5. The number of fused-ring (bicyclic) bond motifs is 1. The summed E-state index contributed by atoms with van der Waals surface area (Å²) in [5, 5.41) is 3.00. The number of hydrogen-bond acceptors (Lipinski definition) is 9. The van der Waals surface area contributed by atoms with Gasteiger partial charge in [0.1, 0.15) is 0 Å². The second-order valence-corrected chi connectivity index (χ2v) is 13.8. The lowest BCUT2D eigenvalue weighted by atomic mass is 9.81. The zero-order chi connectivity index (χ0) is 31.9. The molecule has 1 saturated carbocycles. The summed E-state index contributed by atoms with van der Waals surface area (Å²) in [6.45, 7) is 7.79. The molecule has 3 aromatic rings. The fraction of sp³-hybridized carbons (Fsp3) is 0.529. The summed E-state index contributed by atoms with van der Waals surface area (Å²) in [5.74, 6) is 0.979. The Labute approximate surface area is 269 Å². The van der Waals surface area contributed by atoms with Crippen LogP contribution in [-0.4, -0.2) is 71.0 Å². The van der Waals surface area contributed by atoms with Crippen molar-refractivity contribution in [3.8, 4) is 22.6 Å². The highest BCUT2D eigenvalue weighted by Crippen LogP contribution is 2.52. The van der Waals surface area contributed by atoms with Gasteiger partial charge in [-0.1, -0.05) is 0 Å². The standard InChI is InChI=1S/C34H44N6O4S/c1-20-15-28(45-6)27(32(42)38-20)19-35-31(41)25-16-26(22-17-36-33(37-18-22)40-13-7-8-14-40)30-29(21(25)2)43-34(3,44-30)23-9-11-24(12-10-23)39(4)5/h15-18,23-24H,7-14,19H2,1-6H3,(H,35,41)(H,38,42)/t23-,24-,34?. The number of aromatic amines is 1. The number of aromatic nitrogens is 3. The maximum Gasteiger partial charge on any atom is 0.254 e. The predicted molar refractivity (Wildman–Crippen MR) is 177 cm³/mol. The lowest BCUT2D eigenvalue weighted by molar-refractivity contribution is -0.123. The van der Waals surface area contributed by atoms with E-state index in [1.807, 2.05) is 51.6 Å². The highest BCUT2D eigenvalue weighted by Gasteiger charge is 2.47. The molecule has 1 aliphatic carbocycles. The molecular formula is C34H44N6O4S. The summed E-state index contributed by atoms with van der Waals surface area (Å²) in [5.41, 5.74) is 3.77. The van der Waals surface area contributed by atoms with Crippen molar-refractivity contribution >= 4 is 23.6 Å². The van der Waals surface area contributed by atoms with E-state index in [0.29, 0.717) is 40.2 Å². The van der Waals surface area contributed by atoms with E-state index in [2.05, 4.69) is 34.2 Å². The number of hydrogen-bond donors (Lipinski definition) is 2. The molecule has 1 unspecified atom stereocenters. The molecule has 3 aliphatic rings. The number of nitrogens with zero attached hydrogens (tertiary/aromatic N) is 4. The molecule has 2 N–H and O–H groups in total. The molecule has 1 saturated heterocycles. The van der Waals surface area contributed by atoms with Crippen molar-refractivity contribution in [2.75, 3.05) is 38.3 Å². The fourth-order valence-corrected chi connectivity index (χ4v) is 7.66. The zero-order valence-corrected chi connectivity index (χ0v) is 28.0. The Morgan fingerprint density at radius 3 is 2.40 bits per heavy atom. The van der Waals surface area contributed by atoms with Crippen LogP contribution in [0.25, 0.3) is 11.1 Å². The van der Waals surface area contributed by atoms with Crippen molar-refractivity contribution in [2.24, 2.45) is 5.92 Å². The minimum Gasteiger partial charge on any atom is -0.448 e. The molecule has 1 amide bonds. The Morgan fingerprint density at radius 1 is 1.09 bits per heavy atom. The number of nitrogens with one attached hydrogen (secondary N) is 2. The first-order valence-corrected chi connectivity index (χ1v) is 17.1. The van der Waals surface area contributed by atoms with Crippen LogP contribution in [0.3, 0.4) is 0 Å². The molecule has 2 aliphatic heterocycles. The molecular weight excluding hydrogens is 588 g/mol. The van der Waals surface area contributed by atoms with Gasteiger partial charge < -0.3 is 29.6 Å². The lowest BCUT2D eigenvalue weighted by Gasteiger charge is -2.39. The van der Waals surface area contributed by atoms with Crippen molar-refractivity contribution in [1.82, 2.24) is 25.2 Å². The van der Waals surface area contributed by atoms with Crippen LogP contribution >= 0.6 is 11.8 Å². The van der Waals surface area contributed by atoms with Crippen LogP contribution in [0.4, 0.5) is 5.95 Å². The van der Waals surface area contributed by atoms with E-state index in [4.69, 9.17) is 19.4 Å². The van der Waals surface area contributed by atoms with Gasteiger partial charge in [0, 0.05) is 89.3 Å². The second-order valence-electron chi connectivity index (χ2n) is 12.9. The molecule has 1 atom stereocenters. The number of carbonyl (C=O) groups excluding carboxylic acids is 1. The molecule has 0 bridgehead atoms. The van der Waals surface area contributed by atoms with Crippen LogP contribution < -0.4 is 25.2 Å². The Kier molecular flexibility index (Phi) is 8.85. The van der Waals surface area contributed by atoms with Gasteiger partial charge in [-0.2, -0.15) is 0 Å². The maximum absolute atomic E-state index is 13.8. The molecule has 2 aromatic heterocycles. The van der Waals surface area contributed by atoms with Crippen molar-refractivity contribution in [1.29, 1.82) is 0 Å². The first-order chi connectivity index (χ1) is 21.6. The number of carbonyl (C=O) groups is 1. The normalized spacial score (nSPS) is 22.7. The third-order valence-corrected chi connectivity index (χ3v) is 10.5. The average molecular weight is 633 g/mol. The molecule has 0 spiro atoms. The Hall–Kier alpha value is -3.57. The van der Waals surface area contributed by atoms with Crippen LogP contribution in [0.15, 0.2) is 34.2 Å². The molecule has 11 heteroatoms. The average Bonchev–Trinajstić information content (AvgIpc) is 3.70. The molecule has 1 aromatic carbocycles. The predicted octanol–water partition coefficient (Wildman–Crippen LogP) is 5.31. The highest BCUT2D eigenvalue weighted by atomic mass is 32.2. The van der Waals surface area contributed by atoms with E-state index >= 15 is 0 Å². The molecule has 2 fully saturated rings. The Balaban J connectivity index is 1.34. The van der Waals surface area contributed by atoms with Crippen LogP contribution in [0.1, 0.15) is 72.6 Å². The monoisotopic (exact) mass is 632 g/mol. The third kappa shape index (κ3) is 6.16. The van der Waals surface area contributed by atoms with Crippen LogP contribution in [-0.2, 0) is 6.54 Å². The van der Waals surface area contributed by atoms with Gasteiger partial charge >= 0.3 is 0 Å². The minimum atomic E-state index is -0.854. The Morgan fingerprint density at radius 2 is 1.76 bits per heavy atom. The van der Waals surface area contributed by atoms with Crippen LogP contribution in [0, 0.1) is 19.8 Å². The topological polar surface area (TPSA) is 113 Å². The van der Waals surface area contributed by atoms with E-state index in [1.165, 1.54) is 11.8 Å². The van der Waals surface area contributed by atoms with Crippen LogP contribution in [0.2, 0.25) is 0 Å². The third-order valence-electron chi connectivity index (χ3n) is 9.72. The van der Waals surface area contributed by atoms with Gasteiger partial charge in [-0.05, 0) is 84.9 Å².